The lowest BCUT2D eigenvalue weighted by Gasteiger charge is -2.29. The molecule has 0 aliphatic carbocycles. The zero-order chi connectivity index (χ0) is 10.8. The minimum atomic E-state index is 0. The van der Waals surface area contributed by atoms with Crippen molar-refractivity contribution in [3.63, 3.8) is 0 Å². The normalized spacial score (nSPS) is 14.8. The number of pyridine rings is 1. The first-order chi connectivity index (χ1) is 7.93. The van der Waals surface area contributed by atoms with Gasteiger partial charge in [0.2, 0.25) is 0 Å². The van der Waals surface area contributed by atoms with Crippen molar-refractivity contribution >= 4 is 41.3 Å². The van der Waals surface area contributed by atoms with E-state index in [2.05, 4.69) is 39.5 Å². The summed E-state index contributed by atoms with van der Waals surface area (Å²) in [6.45, 7) is 4.34. The van der Waals surface area contributed by atoms with Gasteiger partial charge in [-0.1, -0.05) is 6.07 Å². The Hall–Kier alpha value is -1.03. The molecule has 1 N–H and O–H groups in total. The minimum Gasteiger partial charge on any atom is -0.369 e. The molecule has 98 valence electrons. The number of anilines is 1. The zero-order valence-electron chi connectivity index (χ0n) is 10.0. The lowest BCUT2D eigenvalue weighted by atomic mass is 10.1. The molecule has 3 nitrogen and oxygen atoms in total. The maximum Gasteiger partial charge on any atom is 0.0373 e. The maximum absolute atomic E-state index is 4.13. The zero-order valence-corrected chi connectivity index (χ0v) is 11.6. The van der Waals surface area contributed by atoms with E-state index in [0.717, 1.165) is 26.2 Å². The Bertz CT molecular complexity index is 498. The number of hydrogen-bond donors (Lipinski definition) is 1. The summed E-state index contributed by atoms with van der Waals surface area (Å²) < 4.78 is 0. The summed E-state index contributed by atoms with van der Waals surface area (Å²) in [5.41, 5.74) is 1.32. The van der Waals surface area contributed by atoms with Gasteiger partial charge in [0.1, 0.15) is 0 Å². The molecule has 0 saturated carbocycles. The van der Waals surface area contributed by atoms with E-state index in [1.807, 2.05) is 12.4 Å². The third-order valence-electron chi connectivity index (χ3n) is 3.11. The Labute approximate surface area is 119 Å². The van der Waals surface area contributed by atoms with Crippen LogP contribution >= 0.6 is 24.8 Å². The van der Waals surface area contributed by atoms with Crippen molar-refractivity contribution in [3.05, 3.63) is 36.7 Å². The van der Waals surface area contributed by atoms with E-state index in [-0.39, 0.29) is 24.8 Å². The molecule has 5 heteroatoms. The van der Waals surface area contributed by atoms with Crippen LogP contribution in [0, 0.1) is 0 Å². The second-order valence-corrected chi connectivity index (χ2v) is 4.14. The van der Waals surface area contributed by atoms with Crippen LogP contribution in [0.3, 0.4) is 0 Å². The van der Waals surface area contributed by atoms with E-state index < -0.39 is 0 Å². The van der Waals surface area contributed by atoms with Crippen LogP contribution in [0.1, 0.15) is 0 Å². The van der Waals surface area contributed by atoms with E-state index >= 15 is 0 Å². The van der Waals surface area contributed by atoms with Crippen molar-refractivity contribution in [2.75, 3.05) is 31.1 Å². The molecule has 0 atom stereocenters. The smallest absolute Gasteiger partial charge is 0.0373 e. The van der Waals surface area contributed by atoms with E-state index in [4.69, 9.17) is 0 Å². The van der Waals surface area contributed by atoms with Crippen molar-refractivity contribution in [2.45, 2.75) is 0 Å². The number of halogens is 2. The molecular formula is C13H17Cl2N3. The van der Waals surface area contributed by atoms with Crippen LogP contribution < -0.4 is 10.2 Å². The average Bonchev–Trinajstić information content (AvgIpc) is 2.39. The van der Waals surface area contributed by atoms with Gasteiger partial charge in [0, 0.05) is 49.6 Å². The quantitative estimate of drug-likeness (QED) is 0.873. The standard InChI is InChI=1S/C13H15N3.2ClH/c1-2-13(16-7-5-14-6-8-16)9-11-3-4-15-10-12(1)11;;/h1-4,9-10,14H,5-8H2;2*1H. The molecule has 1 aromatic heterocycles. The highest BCUT2D eigenvalue weighted by Crippen LogP contribution is 2.21. The molecule has 1 aromatic carbocycles. The molecule has 1 saturated heterocycles. The largest absolute Gasteiger partial charge is 0.369 e. The fourth-order valence-electron chi connectivity index (χ4n) is 2.19. The molecular weight excluding hydrogens is 269 g/mol. The fraction of sp³-hybridized carbons (Fsp3) is 0.308. The Balaban J connectivity index is 0.000000810. The number of benzene rings is 1. The number of piperazine rings is 1. The first-order valence-electron chi connectivity index (χ1n) is 5.73. The summed E-state index contributed by atoms with van der Waals surface area (Å²) in [5.74, 6) is 0. The van der Waals surface area contributed by atoms with E-state index in [1.54, 1.807) is 0 Å². The minimum absolute atomic E-state index is 0. The molecule has 0 radical (unpaired) electrons. The Morgan fingerprint density at radius 2 is 1.78 bits per heavy atom. The number of fused-ring (bicyclic) bond motifs is 1. The first-order valence-corrected chi connectivity index (χ1v) is 5.73. The number of aromatic nitrogens is 1. The predicted molar refractivity (Wildman–Crippen MR) is 81.3 cm³/mol. The molecule has 18 heavy (non-hydrogen) atoms. The van der Waals surface area contributed by atoms with Gasteiger partial charge in [0.25, 0.3) is 0 Å². The average molecular weight is 286 g/mol. The van der Waals surface area contributed by atoms with Crippen molar-refractivity contribution in [1.82, 2.24) is 10.3 Å². The number of rotatable bonds is 1. The summed E-state index contributed by atoms with van der Waals surface area (Å²) in [6, 6.07) is 8.67. The van der Waals surface area contributed by atoms with Gasteiger partial charge in [0.15, 0.2) is 0 Å². The van der Waals surface area contributed by atoms with Gasteiger partial charge in [-0.3, -0.25) is 4.98 Å². The molecule has 3 rings (SSSR count). The third-order valence-corrected chi connectivity index (χ3v) is 3.11. The van der Waals surface area contributed by atoms with E-state index in [1.165, 1.54) is 16.5 Å². The van der Waals surface area contributed by atoms with Crippen molar-refractivity contribution in [1.29, 1.82) is 0 Å². The van der Waals surface area contributed by atoms with Gasteiger partial charge >= 0.3 is 0 Å². The highest BCUT2D eigenvalue weighted by Gasteiger charge is 2.10. The van der Waals surface area contributed by atoms with Crippen LogP contribution in [0.2, 0.25) is 0 Å². The van der Waals surface area contributed by atoms with E-state index in [9.17, 15) is 0 Å². The lowest BCUT2D eigenvalue weighted by Crippen LogP contribution is -2.43. The van der Waals surface area contributed by atoms with Gasteiger partial charge in [-0.2, -0.15) is 0 Å². The molecule has 1 aliphatic heterocycles. The summed E-state index contributed by atoms with van der Waals surface area (Å²) in [4.78, 5) is 6.56. The Morgan fingerprint density at radius 3 is 2.56 bits per heavy atom. The summed E-state index contributed by atoms with van der Waals surface area (Å²) >= 11 is 0. The molecule has 2 aromatic rings. The summed E-state index contributed by atoms with van der Waals surface area (Å²) in [5, 5.41) is 5.85. The molecule has 1 fully saturated rings. The molecule has 0 bridgehead atoms. The topological polar surface area (TPSA) is 28.2 Å². The Kier molecular flexibility index (Phi) is 5.66. The second-order valence-electron chi connectivity index (χ2n) is 4.14. The SMILES string of the molecule is Cl.Cl.c1cc2cc(N3CCNCC3)ccc2cn1. The third kappa shape index (κ3) is 3.05. The number of nitrogens with zero attached hydrogens (tertiary/aromatic N) is 2. The molecule has 1 aliphatic rings. The highest BCUT2D eigenvalue weighted by molar-refractivity contribution is 5.86. The van der Waals surface area contributed by atoms with Crippen LogP contribution in [0.25, 0.3) is 10.8 Å². The predicted octanol–water partition coefficient (Wildman–Crippen LogP) is 2.49. The van der Waals surface area contributed by atoms with Crippen molar-refractivity contribution in [2.24, 2.45) is 0 Å². The van der Waals surface area contributed by atoms with Crippen LogP contribution in [0.4, 0.5) is 5.69 Å². The Morgan fingerprint density at radius 1 is 1.00 bits per heavy atom. The molecule has 2 heterocycles. The molecule has 0 amide bonds. The first kappa shape index (κ1) is 15.0. The van der Waals surface area contributed by atoms with Crippen LogP contribution in [-0.4, -0.2) is 31.2 Å². The highest BCUT2D eigenvalue weighted by atomic mass is 35.5. The summed E-state index contributed by atoms with van der Waals surface area (Å²) in [7, 11) is 0. The monoisotopic (exact) mass is 285 g/mol. The van der Waals surface area contributed by atoms with Gasteiger partial charge in [-0.25, -0.2) is 0 Å². The number of nitrogens with one attached hydrogen (secondary N) is 1. The van der Waals surface area contributed by atoms with Crippen LogP contribution in [-0.2, 0) is 0 Å². The van der Waals surface area contributed by atoms with Crippen molar-refractivity contribution < 1.29 is 0 Å². The van der Waals surface area contributed by atoms with Crippen LogP contribution in [0.5, 0.6) is 0 Å². The van der Waals surface area contributed by atoms with E-state index in [0.29, 0.717) is 0 Å². The van der Waals surface area contributed by atoms with Crippen LogP contribution in [0.15, 0.2) is 36.7 Å². The summed E-state index contributed by atoms with van der Waals surface area (Å²) in [6.07, 6.45) is 3.76. The fourth-order valence-corrected chi connectivity index (χ4v) is 2.19. The molecule has 0 unspecified atom stereocenters. The second kappa shape index (κ2) is 6.78. The van der Waals surface area contributed by atoms with Gasteiger partial charge in [-0.15, -0.1) is 24.8 Å². The maximum atomic E-state index is 4.13. The van der Waals surface area contributed by atoms with Gasteiger partial charge < -0.3 is 10.2 Å². The number of hydrogen-bond acceptors (Lipinski definition) is 3. The molecule has 0 spiro atoms. The van der Waals surface area contributed by atoms with Gasteiger partial charge in [0.05, 0.1) is 0 Å². The lowest BCUT2D eigenvalue weighted by molar-refractivity contribution is 0.589. The van der Waals surface area contributed by atoms with Gasteiger partial charge in [-0.05, 0) is 23.6 Å². The van der Waals surface area contributed by atoms with Crippen molar-refractivity contribution in [3.8, 4) is 0 Å².